The number of aromatic amines is 1. The van der Waals surface area contributed by atoms with Gasteiger partial charge in [-0.05, 0) is 22.0 Å². The maximum Gasteiger partial charge on any atom is 0.138 e. The first-order valence-corrected chi connectivity index (χ1v) is 5.33. The van der Waals surface area contributed by atoms with Crippen molar-refractivity contribution in [2.24, 2.45) is 0 Å². The van der Waals surface area contributed by atoms with E-state index in [4.69, 9.17) is 5.11 Å². The minimum atomic E-state index is 0.0945. The Hall–Kier alpha value is -1.31. The van der Waals surface area contributed by atoms with Gasteiger partial charge in [0.2, 0.25) is 0 Å². The summed E-state index contributed by atoms with van der Waals surface area (Å²) in [5.41, 5.74) is 1.73. The van der Waals surface area contributed by atoms with Crippen LogP contribution in [0.4, 0.5) is 0 Å². The van der Waals surface area contributed by atoms with E-state index in [9.17, 15) is 0 Å². The molecule has 0 radical (unpaired) electrons. The molecule has 2 aromatic heterocycles. The maximum atomic E-state index is 8.62. The number of pyridine rings is 1. The molecule has 3 nitrogen and oxygen atoms in total. The molecular weight excluding hydrogens is 256 g/mol. The second kappa shape index (κ2) is 4.47. The molecule has 0 unspecified atom stereocenters. The minimum absolute atomic E-state index is 0.0945. The fraction of sp³-hybridized carbons (Fsp3) is 0.182. The van der Waals surface area contributed by atoms with Crippen LogP contribution in [-0.4, -0.2) is 21.7 Å². The van der Waals surface area contributed by atoms with E-state index in [0.717, 1.165) is 21.1 Å². The maximum absolute atomic E-state index is 8.62. The molecule has 2 rings (SSSR count). The first-order chi connectivity index (χ1) is 7.31. The standard InChI is InChI=1S/C11H9BrN2O/c12-9-5-10-8(3-1-2-4-15)6-13-11(10)14-7-9/h5-7,15H,2,4H2,(H,13,14). The van der Waals surface area contributed by atoms with Crippen LogP contribution >= 0.6 is 15.9 Å². The number of H-pyrrole nitrogens is 1. The zero-order valence-corrected chi connectivity index (χ0v) is 9.50. The lowest BCUT2D eigenvalue weighted by molar-refractivity contribution is 0.305. The minimum Gasteiger partial charge on any atom is -0.395 e. The molecule has 0 saturated carbocycles. The highest BCUT2D eigenvalue weighted by Crippen LogP contribution is 2.19. The molecule has 0 amide bonds. The predicted octanol–water partition coefficient (Wildman–Crippen LogP) is 2.06. The van der Waals surface area contributed by atoms with Gasteiger partial charge in [-0.1, -0.05) is 11.8 Å². The van der Waals surface area contributed by atoms with E-state index in [-0.39, 0.29) is 6.61 Å². The summed E-state index contributed by atoms with van der Waals surface area (Å²) in [5, 5.41) is 9.62. The zero-order chi connectivity index (χ0) is 10.7. The van der Waals surface area contributed by atoms with Gasteiger partial charge < -0.3 is 10.1 Å². The van der Waals surface area contributed by atoms with Gasteiger partial charge in [0.05, 0.1) is 12.2 Å². The SMILES string of the molecule is OCCC#Cc1c[nH]c2ncc(Br)cc12. The fourth-order valence-electron chi connectivity index (χ4n) is 1.29. The van der Waals surface area contributed by atoms with Crippen LogP contribution in [0.15, 0.2) is 22.9 Å². The zero-order valence-electron chi connectivity index (χ0n) is 7.92. The van der Waals surface area contributed by atoms with Gasteiger partial charge in [-0.25, -0.2) is 4.98 Å². The third-order valence-electron chi connectivity index (χ3n) is 1.96. The van der Waals surface area contributed by atoms with E-state index in [2.05, 4.69) is 37.7 Å². The normalized spacial score (nSPS) is 10.0. The lowest BCUT2D eigenvalue weighted by atomic mass is 10.2. The van der Waals surface area contributed by atoms with Gasteiger partial charge in [0.25, 0.3) is 0 Å². The number of aliphatic hydroxyl groups excluding tert-OH is 1. The monoisotopic (exact) mass is 264 g/mol. The van der Waals surface area contributed by atoms with Gasteiger partial charge >= 0.3 is 0 Å². The van der Waals surface area contributed by atoms with Crippen LogP contribution in [0.1, 0.15) is 12.0 Å². The molecule has 0 aliphatic rings. The molecule has 2 heterocycles. The number of aromatic nitrogens is 2. The van der Waals surface area contributed by atoms with E-state index >= 15 is 0 Å². The molecule has 2 N–H and O–H groups in total. The number of hydrogen-bond donors (Lipinski definition) is 2. The third-order valence-corrected chi connectivity index (χ3v) is 2.39. The van der Waals surface area contributed by atoms with Crippen molar-refractivity contribution >= 4 is 27.0 Å². The molecule has 15 heavy (non-hydrogen) atoms. The molecular formula is C11H9BrN2O. The Morgan fingerprint density at radius 2 is 2.40 bits per heavy atom. The molecule has 0 aliphatic carbocycles. The summed E-state index contributed by atoms with van der Waals surface area (Å²) in [5.74, 6) is 5.88. The number of fused-ring (bicyclic) bond motifs is 1. The molecule has 0 spiro atoms. The van der Waals surface area contributed by atoms with Gasteiger partial charge in [0, 0.05) is 28.7 Å². The predicted molar refractivity (Wildman–Crippen MR) is 62.4 cm³/mol. The van der Waals surface area contributed by atoms with Gasteiger partial charge in [-0.3, -0.25) is 0 Å². The van der Waals surface area contributed by atoms with Crippen molar-refractivity contribution in [3.8, 4) is 11.8 Å². The summed E-state index contributed by atoms with van der Waals surface area (Å²) >= 11 is 3.37. The Labute approximate surface area is 95.7 Å². The van der Waals surface area contributed by atoms with Crippen LogP contribution < -0.4 is 0 Å². The number of nitrogens with one attached hydrogen (secondary N) is 1. The van der Waals surface area contributed by atoms with Crippen molar-refractivity contribution in [1.29, 1.82) is 0 Å². The number of rotatable bonds is 1. The first-order valence-electron chi connectivity index (χ1n) is 4.53. The topological polar surface area (TPSA) is 48.9 Å². The van der Waals surface area contributed by atoms with E-state index in [1.165, 1.54) is 0 Å². The van der Waals surface area contributed by atoms with Crippen LogP contribution in [0.25, 0.3) is 11.0 Å². The first kappa shape index (κ1) is 10.2. The molecule has 76 valence electrons. The highest BCUT2D eigenvalue weighted by molar-refractivity contribution is 9.10. The number of halogens is 1. The summed E-state index contributed by atoms with van der Waals surface area (Å²) in [6.07, 6.45) is 4.06. The lowest BCUT2D eigenvalue weighted by Gasteiger charge is -1.91. The van der Waals surface area contributed by atoms with Crippen LogP contribution in [-0.2, 0) is 0 Å². The van der Waals surface area contributed by atoms with Gasteiger partial charge in [0.15, 0.2) is 0 Å². The quantitative estimate of drug-likeness (QED) is 0.775. The molecule has 4 heteroatoms. The molecule has 0 fully saturated rings. The van der Waals surface area contributed by atoms with E-state index < -0.39 is 0 Å². The second-order valence-electron chi connectivity index (χ2n) is 3.03. The Morgan fingerprint density at radius 3 is 3.20 bits per heavy atom. The summed E-state index contributed by atoms with van der Waals surface area (Å²) in [6, 6.07) is 1.97. The van der Waals surface area contributed by atoms with Crippen LogP contribution in [0.2, 0.25) is 0 Å². The van der Waals surface area contributed by atoms with Crippen molar-refractivity contribution < 1.29 is 5.11 Å². The van der Waals surface area contributed by atoms with Crippen molar-refractivity contribution in [3.63, 3.8) is 0 Å². The molecule has 0 saturated heterocycles. The Bertz CT molecular complexity index is 536. The Morgan fingerprint density at radius 1 is 1.53 bits per heavy atom. The molecule has 0 aliphatic heterocycles. The van der Waals surface area contributed by atoms with Gasteiger partial charge in [-0.2, -0.15) is 0 Å². The van der Waals surface area contributed by atoms with Crippen molar-refractivity contribution in [1.82, 2.24) is 9.97 Å². The van der Waals surface area contributed by atoms with Crippen LogP contribution in [0, 0.1) is 11.8 Å². The highest BCUT2D eigenvalue weighted by atomic mass is 79.9. The number of nitrogens with zero attached hydrogens (tertiary/aromatic N) is 1. The molecule has 0 bridgehead atoms. The van der Waals surface area contributed by atoms with Crippen LogP contribution in [0.5, 0.6) is 0 Å². The van der Waals surface area contributed by atoms with Crippen LogP contribution in [0.3, 0.4) is 0 Å². The van der Waals surface area contributed by atoms with E-state index in [1.807, 2.05) is 12.3 Å². The van der Waals surface area contributed by atoms with Crippen molar-refractivity contribution in [2.75, 3.05) is 6.61 Å². The number of hydrogen-bond acceptors (Lipinski definition) is 2. The summed E-state index contributed by atoms with van der Waals surface area (Å²) in [4.78, 5) is 7.26. The lowest BCUT2D eigenvalue weighted by Crippen LogP contribution is -1.78. The molecule has 0 aromatic carbocycles. The molecule has 2 aromatic rings. The van der Waals surface area contributed by atoms with Crippen molar-refractivity contribution in [2.45, 2.75) is 6.42 Å². The highest BCUT2D eigenvalue weighted by Gasteiger charge is 2.02. The second-order valence-corrected chi connectivity index (χ2v) is 3.94. The van der Waals surface area contributed by atoms with Crippen molar-refractivity contribution in [3.05, 3.63) is 28.5 Å². The summed E-state index contributed by atoms with van der Waals surface area (Å²) < 4.78 is 0.930. The smallest absolute Gasteiger partial charge is 0.138 e. The van der Waals surface area contributed by atoms with E-state index in [1.54, 1.807) is 6.20 Å². The van der Waals surface area contributed by atoms with Gasteiger partial charge in [-0.15, -0.1) is 0 Å². The number of aliphatic hydroxyl groups is 1. The Kier molecular flexibility index (Phi) is 3.05. The van der Waals surface area contributed by atoms with Gasteiger partial charge in [0.1, 0.15) is 5.65 Å². The largest absolute Gasteiger partial charge is 0.395 e. The fourth-order valence-corrected chi connectivity index (χ4v) is 1.63. The average Bonchev–Trinajstić information content (AvgIpc) is 2.62. The third kappa shape index (κ3) is 2.20. The summed E-state index contributed by atoms with van der Waals surface area (Å²) in [6.45, 7) is 0.0945. The Balaban J connectivity index is 2.45. The average molecular weight is 265 g/mol. The summed E-state index contributed by atoms with van der Waals surface area (Å²) in [7, 11) is 0. The van der Waals surface area contributed by atoms with E-state index in [0.29, 0.717) is 6.42 Å². The molecule has 0 atom stereocenters.